The molecule has 3 saturated carbocycles. The smallest absolute Gasteiger partial charge is 0.251 e. The van der Waals surface area contributed by atoms with Gasteiger partial charge in [0.15, 0.2) is 0 Å². The van der Waals surface area contributed by atoms with Crippen molar-refractivity contribution in [3.63, 3.8) is 0 Å². The van der Waals surface area contributed by atoms with Crippen LogP contribution in [0.15, 0.2) is 24.3 Å². The SMILES string of the molecule is NC(=S)c1cccc(C(=O)NC2C3C4CCC(C4)C23)c1. The van der Waals surface area contributed by atoms with Gasteiger partial charge in [-0.15, -0.1) is 0 Å². The van der Waals surface area contributed by atoms with Crippen LogP contribution in [0.3, 0.4) is 0 Å². The van der Waals surface area contributed by atoms with Crippen molar-refractivity contribution < 1.29 is 4.79 Å². The second-order valence-electron chi connectivity index (χ2n) is 6.43. The van der Waals surface area contributed by atoms with Crippen molar-refractivity contribution in [1.29, 1.82) is 0 Å². The van der Waals surface area contributed by atoms with Crippen molar-refractivity contribution >= 4 is 23.1 Å². The fourth-order valence-electron chi connectivity index (χ4n) is 4.57. The summed E-state index contributed by atoms with van der Waals surface area (Å²) in [5.74, 6) is 3.28. The van der Waals surface area contributed by atoms with E-state index in [1.165, 1.54) is 19.3 Å². The van der Waals surface area contributed by atoms with Crippen molar-refractivity contribution in [2.24, 2.45) is 29.4 Å². The van der Waals surface area contributed by atoms with Crippen LogP contribution in [0, 0.1) is 23.7 Å². The molecule has 0 saturated heterocycles. The van der Waals surface area contributed by atoms with E-state index in [2.05, 4.69) is 5.32 Å². The number of fused-ring (bicyclic) bond motifs is 5. The van der Waals surface area contributed by atoms with Gasteiger partial charge in [0, 0.05) is 17.2 Å². The van der Waals surface area contributed by atoms with E-state index in [-0.39, 0.29) is 5.91 Å². The first-order chi connectivity index (χ1) is 9.65. The van der Waals surface area contributed by atoms with Crippen LogP contribution >= 0.6 is 12.2 Å². The molecule has 4 atom stereocenters. The van der Waals surface area contributed by atoms with Crippen LogP contribution in [0.5, 0.6) is 0 Å². The number of nitrogens with two attached hydrogens (primary N) is 1. The van der Waals surface area contributed by atoms with Crippen molar-refractivity contribution in [3.05, 3.63) is 35.4 Å². The highest BCUT2D eigenvalue weighted by Crippen LogP contribution is 2.65. The summed E-state index contributed by atoms with van der Waals surface area (Å²) in [5, 5.41) is 3.22. The summed E-state index contributed by atoms with van der Waals surface area (Å²) in [6, 6.07) is 7.70. The quantitative estimate of drug-likeness (QED) is 0.837. The predicted molar refractivity (Wildman–Crippen MR) is 81.4 cm³/mol. The maximum absolute atomic E-state index is 12.3. The zero-order chi connectivity index (χ0) is 13.9. The first kappa shape index (κ1) is 12.3. The normalized spacial score (nSPS) is 36.5. The predicted octanol–water partition coefficient (Wildman–Crippen LogP) is 2.10. The van der Waals surface area contributed by atoms with Crippen LogP contribution in [-0.2, 0) is 0 Å². The minimum atomic E-state index is 0.0156. The third kappa shape index (κ3) is 1.78. The number of benzene rings is 1. The molecular weight excluding hydrogens is 268 g/mol. The summed E-state index contributed by atoms with van der Waals surface area (Å²) >= 11 is 4.96. The van der Waals surface area contributed by atoms with Crippen molar-refractivity contribution in [2.45, 2.75) is 25.3 Å². The minimum Gasteiger partial charge on any atom is -0.389 e. The summed E-state index contributed by atoms with van der Waals surface area (Å²) < 4.78 is 0. The number of thiocarbonyl (C=S) groups is 1. The standard InChI is InChI=1S/C16H18N2OS/c17-15(20)10-2-1-3-11(7-10)16(19)18-14-12-8-4-5-9(6-8)13(12)14/h1-3,7-9,12-14H,4-6H2,(H2,17,20)(H,18,19). The summed E-state index contributed by atoms with van der Waals surface area (Å²) in [6.45, 7) is 0. The van der Waals surface area contributed by atoms with E-state index in [1.807, 2.05) is 18.2 Å². The lowest BCUT2D eigenvalue weighted by molar-refractivity contribution is 0.0944. The Morgan fingerprint density at radius 1 is 1.20 bits per heavy atom. The summed E-state index contributed by atoms with van der Waals surface area (Å²) in [5.41, 5.74) is 7.03. The average molecular weight is 286 g/mol. The Kier molecular flexibility index (Phi) is 2.64. The van der Waals surface area contributed by atoms with E-state index in [1.54, 1.807) is 6.07 Å². The fraction of sp³-hybridized carbons (Fsp3) is 0.500. The Morgan fingerprint density at radius 2 is 1.85 bits per heavy atom. The lowest BCUT2D eigenvalue weighted by Gasteiger charge is -2.11. The Balaban J connectivity index is 1.47. The topological polar surface area (TPSA) is 55.1 Å². The lowest BCUT2D eigenvalue weighted by atomic mass is 10.0. The van der Waals surface area contributed by atoms with Crippen LogP contribution < -0.4 is 11.1 Å². The van der Waals surface area contributed by atoms with Gasteiger partial charge in [-0.3, -0.25) is 4.79 Å². The summed E-state index contributed by atoms with van der Waals surface area (Å²) in [6.07, 6.45) is 4.14. The number of carbonyl (C=O) groups excluding carboxylic acids is 1. The molecule has 20 heavy (non-hydrogen) atoms. The maximum Gasteiger partial charge on any atom is 0.251 e. The molecule has 1 aromatic carbocycles. The Labute approximate surface area is 123 Å². The van der Waals surface area contributed by atoms with E-state index < -0.39 is 0 Å². The third-order valence-corrected chi connectivity index (χ3v) is 5.68. The largest absolute Gasteiger partial charge is 0.389 e. The van der Waals surface area contributed by atoms with Gasteiger partial charge in [0.25, 0.3) is 5.91 Å². The van der Waals surface area contributed by atoms with Crippen LogP contribution in [0.2, 0.25) is 0 Å². The molecule has 0 heterocycles. The number of rotatable bonds is 3. The highest BCUT2D eigenvalue weighted by atomic mass is 32.1. The first-order valence-corrected chi connectivity index (χ1v) is 7.76. The molecule has 0 aliphatic heterocycles. The van der Waals surface area contributed by atoms with Crippen molar-refractivity contribution in [3.8, 4) is 0 Å². The van der Waals surface area contributed by atoms with Gasteiger partial charge in [0.1, 0.15) is 4.99 Å². The molecular formula is C16H18N2OS. The van der Waals surface area contributed by atoms with Gasteiger partial charge in [-0.05, 0) is 55.1 Å². The van der Waals surface area contributed by atoms with E-state index in [0.717, 1.165) is 29.2 Å². The molecule has 0 aromatic heterocycles. The Bertz CT molecular complexity index is 584. The third-order valence-electron chi connectivity index (χ3n) is 5.44. The van der Waals surface area contributed by atoms with E-state index in [4.69, 9.17) is 18.0 Å². The second-order valence-corrected chi connectivity index (χ2v) is 6.87. The average Bonchev–Trinajstić information content (AvgIpc) is 2.84. The molecule has 3 nitrogen and oxygen atoms in total. The van der Waals surface area contributed by atoms with Crippen LogP contribution in [0.1, 0.15) is 35.2 Å². The molecule has 3 aliphatic carbocycles. The van der Waals surface area contributed by atoms with Crippen LogP contribution in [0.25, 0.3) is 0 Å². The van der Waals surface area contributed by atoms with E-state index >= 15 is 0 Å². The highest BCUT2D eigenvalue weighted by Gasteiger charge is 2.65. The van der Waals surface area contributed by atoms with Gasteiger partial charge in [0.05, 0.1) is 0 Å². The molecule has 2 bridgehead atoms. The fourth-order valence-corrected chi connectivity index (χ4v) is 4.69. The van der Waals surface area contributed by atoms with E-state index in [0.29, 0.717) is 16.6 Å². The number of nitrogens with one attached hydrogen (secondary N) is 1. The van der Waals surface area contributed by atoms with Gasteiger partial charge in [-0.1, -0.05) is 24.4 Å². The van der Waals surface area contributed by atoms with Gasteiger partial charge in [0.2, 0.25) is 0 Å². The Morgan fingerprint density at radius 3 is 2.50 bits per heavy atom. The van der Waals surface area contributed by atoms with Crippen molar-refractivity contribution in [2.75, 3.05) is 0 Å². The number of carbonyl (C=O) groups is 1. The van der Waals surface area contributed by atoms with E-state index in [9.17, 15) is 4.79 Å². The Hall–Kier alpha value is -1.42. The van der Waals surface area contributed by atoms with Crippen LogP contribution in [-0.4, -0.2) is 16.9 Å². The molecule has 3 aliphatic rings. The first-order valence-electron chi connectivity index (χ1n) is 7.36. The summed E-state index contributed by atoms with van der Waals surface area (Å²) in [4.78, 5) is 12.7. The molecule has 3 N–H and O–H groups in total. The number of hydrogen-bond donors (Lipinski definition) is 2. The molecule has 1 amide bonds. The number of amides is 1. The molecule has 4 heteroatoms. The molecule has 3 fully saturated rings. The zero-order valence-electron chi connectivity index (χ0n) is 11.2. The molecule has 4 rings (SSSR count). The lowest BCUT2D eigenvalue weighted by Crippen LogP contribution is -2.30. The maximum atomic E-state index is 12.3. The molecule has 4 unspecified atom stereocenters. The molecule has 104 valence electrons. The van der Waals surface area contributed by atoms with Gasteiger partial charge in [-0.2, -0.15) is 0 Å². The van der Waals surface area contributed by atoms with Crippen LogP contribution in [0.4, 0.5) is 0 Å². The monoisotopic (exact) mass is 286 g/mol. The molecule has 1 aromatic rings. The number of hydrogen-bond acceptors (Lipinski definition) is 2. The second kappa shape index (κ2) is 4.29. The van der Waals surface area contributed by atoms with Gasteiger partial charge >= 0.3 is 0 Å². The van der Waals surface area contributed by atoms with Crippen molar-refractivity contribution in [1.82, 2.24) is 5.32 Å². The highest BCUT2D eigenvalue weighted by molar-refractivity contribution is 7.80. The van der Waals surface area contributed by atoms with Gasteiger partial charge < -0.3 is 11.1 Å². The van der Waals surface area contributed by atoms with Gasteiger partial charge in [-0.25, -0.2) is 0 Å². The summed E-state index contributed by atoms with van der Waals surface area (Å²) in [7, 11) is 0. The zero-order valence-corrected chi connectivity index (χ0v) is 12.0. The molecule has 0 radical (unpaired) electrons. The minimum absolute atomic E-state index is 0.0156. The molecule has 0 spiro atoms.